The second kappa shape index (κ2) is 7.31. The second-order valence-corrected chi connectivity index (χ2v) is 5.79. The van der Waals surface area contributed by atoms with E-state index >= 15 is 0 Å². The van der Waals surface area contributed by atoms with Gasteiger partial charge < -0.3 is 18.6 Å². The zero-order valence-corrected chi connectivity index (χ0v) is 14.6. The van der Waals surface area contributed by atoms with Gasteiger partial charge in [-0.1, -0.05) is 17.7 Å². The van der Waals surface area contributed by atoms with Gasteiger partial charge in [0, 0.05) is 6.07 Å². The largest absolute Gasteiger partial charge is 0.479 e. The van der Waals surface area contributed by atoms with Crippen LogP contribution in [-0.4, -0.2) is 19.2 Å². The first kappa shape index (κ1) is 17.5. The molecule has 0 bridgehead atoms. The lowest BCUT2D eigenvalue weighted by Crippen LogP contribution is -2.24. The highest BCUT2D eigenvalue weighted by Gasteiger charge is 2.16. The van der Waals surface area contributed by atoms with Gasteiger partial charge in [-0.3, -0.25) is 4.79 Å². The van der Waals surface area contributed by atoms with Gasteiger partial charge in [0.2, 0.25) is 11.2 Å². The summed E-state index contributed by atoms with van der Waals surface area (Å²) in [6.45, 7) is 3.54. The molecule has 0 aliphatic carbocycles. The number of carbonyl (C=O) groups is 1. The van der Waals surface area contributed by atoms with E-state index in [2.05, 4.69) is 4.74 Å². The van der Waals surface area contributed by atoms with Gasteiger partial charge in [0.25, 0.3) is 0 Å². The molecular weight excluding hydrogens is 336 g/mol. The van der Waals surface area contributed by atoms with Crippen molar-refractivity contribution in [2.75, 3.05) is 7.11 Å². The number of hydrogen-bond donors (Lipinski definition) is 0. The van der Waals surface area contributed by atoms with Gasteiger partial charge in [0.15, 0.2) is 6.10 Å². The maximum absolute atomic E-state index is 12.6. The molecule has 0 saturated carbocycles. The summed E-state index contributed by atoms with van der Waals surface area (Å²) < 4.78 is 21.2. The van der Waals surface area contributed by atoms with Crippen molar-refractivity contribution in [2.45, 2.75) is 20.0 Å². The molecule has 0 aliphatic rings. The molecule has 6 nitrogen and oxygen atoms in total. The first-order valence-electron chi connectivity index (χ1n) is 8.02. The van der Waals surface area contributed by atoms with Crippen LogP contribution in [-0.2, 0) is 9.53 Å². The smallest absolute Gasteiger partial charge is 0.346 e. The molecule has 134 valence electrons. The van der Waals surface area contributed by atoms with E-state index in [0.717, 1.165) is 5.56 Å². The number of aryl methyl sites for hydroxylation is 1. The van der Waals surface area contributed by atoms with Crippen molar-refractivity contribution in [2.24, 2.45) is 0 Å². The highest BCUT2D eigenvalue weighted by Crippen LogP contribution is 2.24. The van der Waals surface area contributed by atoms with Crippen molar-refractivity contribution in [3.05, 3.63) is 64.5 Å². The average molecular weight is 354 g/mol. The van der Waals surface area contributed by atoms with Crippen LogP contribution < -0.4 is 14.9 Å². The van der Waals surface area contributed by atoms with Gasteiger partial charge in [-0.15, -0.1) is 0 Å². The molecule has 0 amide bonds. The monoisotopic (exact) mass is 354 g/mol. The molecule has 26 heavy (non-hydrogen) atoms. The van der Waals surface area contributed by atoms with Crippen LogP contribution >= 0.6 is 0 Å². The molecule has 0 radical (unpaired) electrons. The predicted octanol–water partition coefficient (Wildman–Crippen LogP) is 3.83. The summed E-state index contributed by atoms with van der Waals surface area (Å²) in [5.41, 5.74) is 1.14. The van der Waals surface area contributed by atoms with Crippen molar-refractivity contribution in [1.82, 2.24) is 0 Å². The normalized spacial score (nSPS) is 11.8. The van der Waals surface area contributed by atoms with Crippen LogP contribution in [0.2, 0.25) is 0 Å². The molecule has 3 aromatic rings. The van der Waals surface area contributed by atoms with Crippen LogP contribution in [0.15, 0.2) is 57.9 Å². The van der Waals surface area contributed by atoms with Gasteiger partial charge in [-0.25, -0.2) is 4.79 Å². The minimum absolute atomic E-state index is 0.0953. The van der Waals surface area contributed by atoms with E-state index < -0.39 is 12.1 Å². The van der Waals surface area contributed by atoms with Crippen molar-refractivity contribution >= 4 is 16.9 Å². The number of rotatable bonds is 5. The lowest BCUT2D eigenvalue weighted by atomic mass is 10.2. The number of ether oxygens (including phenoxy) is 3. The van der Waals surface area contributed by atoms with Crippen LogP contribution in [0, 0.1) is 6.92 Å². The van der Waals surface area contributed by atoms with E-state index in [1.807, 2.05) is 19.1 Å². The quantitative estimate of drug-likeness (QED) is 0.648. The van der Waals surface area contributed by atoms with Gasteiger partial charge in [-0.2, -0.15) is 0 Å². The summed E-state index contributed by atoms with van der Waals surface area (Å²) in [5, 5.41) is 0.354. The summed E-state index contributed by atoms with van der Waals surface area (Å²) in [5.74, 6) is 0.547. The Kier molecular flexibility index (Phi) is 4.93. The number of benzene rings is 2. The lowest BCUT2D eigenvalue weighted by Gasteiger charge is -2.12. The highest BCUT2D eigenvalue weighted by molar-refractivity contribution is 5.79. The zero-order valence-electron chi connectivity index (χ0n) is 14.6. The molecule has 0 aliphatic heterocycles. The second-order valence-electron chi connectivity index (χ2n) is 5.79. The molecular formula is C20H18O6. The fourth-order valence-electron chi connectivity index (χ4n) is 2.39. The summed E-state index contributed by atoms with van der Waals surface area (Å²) in [7, 11) is 1.29. The number of methoxy groups -OCH3 is 1. The number of esters is 1. The van der Waals surface area contributed by atoms with Crippen LogP contribution in [0.25, 0.3) is 11.0 Å². The maximum atomic E-state index is 12.6. The lowest BCUT2D eigenvalue weighted by molar-refractivity contribution is -0.147. The van der Waals surface area contributed by atoms with Gasteiger partial charge in [0.1, 0.15) is 23.3 Å². The predicted molar refractivity (Wildman–Crippen MR) is 95.8 cm³/mol. The van der Waals surface area contributed by atoms with Crippen LogP contribution in [0.4, 0.5) is 0 Å². The summed E-state index contributed by atoms with van der Waals surface area (Å²) in [6.07, 6.45) is 0.492. The zero-order chi connectivity index (χ0) is 18.7. The molecule has 1 atom stereocenters. The molecule has 0 N–H and O–H groups in total. The summed E-state index contributed by atoms with van der Waals surface area (Å²) >= 11 is 0. The highest BCUT2D eigenvalue weighted by atomic mass is 16.6. The standard InChI is InChI=1S/C20H18O6/c1-12-4-6-14(7-5-12)26-18-11-24-17-10-15(8-9-16(17)19(18)21)25-13(2)20(22)23-3/h4-11,13H,1-3H3. The van der Waals surface area contributed by atoms with E-state index in [4.69, 9.17) is 13.9 Å². The Bertz CT molecular complexity index is 987. The Hall–Kier alpha value is -3.28. The third-order valence-electron chi connectivity index (χ3n) is 3.81. The molecule has 3 rings (SSSR count). The van der Waals surface area contributed by atoms with E-state index in [0.29, 0.717) is 22.5 Å². The van der Waals surface area contributed by atoms with E-state index in [1.54, 1.807) is 37.3 Å². The fraction of sp³-hybridized carbons (Fsp3) is 0.200. The first-order valence-corrected chi connectivity index (χ1v) is 8.02. The van der Waals surface area contributed by atoms with Gasteiger partial charge in [-0.05, 0) is 38.1 Å². The first-order chi connectivity index (χ1) is 12.5. The average Bonchev–Trinajstić information content (AvgIpc) is 2.65. The molecule has 0 saturated heterocycles. The molecule has 6 heteroatoms. The Morgan fingerprint density at radius 2 is 1.77 bits per heavy atom. The molecule has 1 aromatic heterocycles. The molecule has 1 unspecified atom stereocenters. The Morgan fingerprint density at radius 1 is 1.08 bits per heavy atom. The number of carbonyl (C=O) groups excluding carboxylic acids is 1. The topological polar surface area (TPSA) is 75.0 Å². The summed E-state index contributed by atoms with van der Waals surface area (Å²) in [6, 6.07) is 12.1. The van der Waals surface area contributed by atoms with Gasteiger partial charge in [0.05, 0.1) is 12.5 Å². The minimum atomic E-state index is -0.770. The third kappa shape index (κ3) is 3.69. The third-order valence-corrected chi connectivity index (χ3v) is 3.81. The molecule has 0 spiro atoms. The van der Waals surface area contributed by atoms with Crippen LogP contribution in [0.1, 0.15) is 12.5 Å². The summed E-state index contributed by atoms with van der Waals surface area (Å²) in [4.78, 5) is 24.0. The molecule has 1 heterocycles. The fourth-order valence-corrected chi connectivity index (χ4v) is 2.39. The Labute approximate surface area is 149 Å². The van der Waals surface area contributed by atoms with Crippen LogP contribution in [0.3, 0.4) is 0 Å². The molecule has 0 fully saturated rings. The molecule has 2 aromatic carbocycles. The minimum Gasteiger partial charge on any atom is -0.479 e. The van der Waals surface area contributed by atoms with E-state index in [1.165, 1.54) is 13.4 Å². The number of hydrogen-bond acceptors (Lipinski definition) is 6. The van der Waals surface area contributed by atoms with Crippen molar-refractivity contribution < 1.29 is 23.4 Å². The van der Waals surface area contributed by atoms with Crippen molar-refractivity contribution in [3.63, 3.8) is 0 Å². The van der Waals surface area contributed by atoms with Gasteiger partial charge >= 0.3 is 5.97 Å². The number of fused-ring (bicyclic) bond motifs is 1. The Balaban J connectivity index is 1.87. The van der Waals surface area contributed by atoms with Crippen LogP contribution in [0.5, 0.6) is 17.2 Å². The Morgan fingerprint density at radius 3 is 2.46 bits per heavy atom. The van der Waals surface area contributed by atoms with E-state index in [9.17, 15) is 9.59 Å². The maximum Gasteiger partial charge on any atom is 0.346 e. The van der Waals surface area contributed by atoms with Crippen molar-refractivity contribution in [3.8, 4) is 17.2 Å². The van der Waals surface area contributed by atoms with E-state index in [-0.39, 0.29) is 11.2 Å². The van der Waals surface area contributed by atoms with Crippen molar-refractivity contribution in [1.29, 1.82) is 0 Å². The SMILES string of the molecule is COC(=O)C(C)Oc1ccc2c(=O)c(Oc3ccc(C)cc3)coc2c1.